The Morgan fingerprint density at radius 2 is 1.55 bits per heavy atom. The fourth-order valence-corrected chi connectivity index (χ4v) is 2.86. The number of esters is 2. The second-order valence-electron chi connectivity index (χ2n) is 6.37. The first kappa shape index (κ1) is 21.8. The molecule has 4 N–H and O–H groups in total. The molecule has 0 aliphatic rings. The molecule has 31 heavy (non-hydrogen) atoms. The number of hydrogen-bond acceptors (Lipinski definition) is 9. The van der Waals surface area contributed by atoms with Gasteiger partial charge in [-0.3, -0.25) is 0 Å². The summed E-state index contributed by atoms with van der Waals surface area (Å²) in [6, 6.07) is 11.8. The van der Waals surface area contributed by atoms with Gasteiger partial charge in [0.1, 0.15) is 12.0 Å². The summed E-state index contributed by atoms with van der Waals surface area (Å²) in [6.45, 7) is 0.474. The lowest BCUT2D eigenvalue weighted by atomic mass is 10.1. The molecule has 10 heteroatoms. The van der Waals surface area contributed by atoms with Gasteiger partial charge in [-0.1, -0.05) is 23.7 Å². The highest BCUT2D eigenvalue weighted by atomic mass is 35.5. The van der Waals surface area contributed by atoms with E-state index in [2.05, 4.69) is 20.6 Å². The molecule has 0 aliphatic carbocycles. The third-order valence-electron chi connectivity index (χ3n) is 4.30. The molecule has 160 valence electrons. The van der Waals surface area contributed by atoms with Crippen LogP contribution in [-0.4, -0.2) is 36.1 Å². The van der Waals surface area contributed by atoms with E-state index in [9.17, 15) is 9.59 Å². The van der Waals surface area contributed by atoms with E-state index in [1.807, 2.05) is 12.1 Å². The van der Waals surface area contributed by atoms with E-state index in [0.29, 0.717) is 28.9 Å². The van der Waals surface area contributed by atoms with Gasteiger partial charge in [0.25, 0.3) is 0 Å². The minimum Gasteiger partial charge on any atom is -0.465 e. The van der Waals surface area contributed by atoms with Crippen LogP contribution in [0, 0.1) is 0 Å². The predicted octanol–water partition coefficient (Wildman–Crippen LogP) is 3.64. The van der Waals surface area contributed by atoms with Gasteiger partial charge in [0.2, 0.25) is 0 Å². The Morgan fingerprint density at radius 3 is 2.13 bits per heavy atom. The molecule has 0 radical (unpaired) electrons. The van der Waals surface area contributed by atoms with E-state index in [1.165, 1.54) is 38.7 Å². The van der Waals surface area contributed by atoms with Crippen LogP contribution in [0.25, 0.3) is 0 Å². The minimum absolute atomic E-state index is 0.168. The monoisotopic (exact) mass is 441 g/mol. The third-order valence-corrected chi connectivity index (χ3v) is 4.55. The number of carbonyl (C=O) groups is 2. The normalized spacial score (nSPS) is 10.3. The summed E-state index contributed by atoms with van der Waals surface area (Å²) in [5.41, 5.74) is 8.20. The van der Waals surface area contributed by atoms with Crippen molar-refractivity contribution in [2.45, 2.75) is 6.54 Å². The summed E-state index contributed by atoms with van der Waals surface area (Å²) < 4.78 is 9.49. The van der Waals surface area contributed by atoms with Gasteiger partial charge < -0.3 is 25.8 Å². The van der Waals surface area contributed by atoms with Crippen molar-refractivity contribution in [3.63, 3.8) is 0 Å². The van der Waals surface area contributed by atoms with Crippen molar-refractivity contribution in [1.29, 1.82) is 0 Å². The van der Waals surface area contributed by atoms with Crippen LogP contribution in [0.5, 0.6) is 0 Å². The number of hydrogen-bond donors (Lipinski definition) is 3. The number of nitrogens with one attached hydrogen (secondary N) is 2. The van der Waals surface area contributed by atoms with Crippen molar-refractivity contribution in [3.8, 4) is 0 Å². The summed E-state index contributed by atoms with van der Waals surface area (Å²) in [5.74, 6) is -0.485. The van der Waals surface area contributed by atoms with E-state index >= 15 is 0 Å². The number of anilines is 4. The number of benzene rings is 2. The van der Waals surface area contributed by atoms with Crippen molar-refractivity contribution >= 4 is 46.6 Å². The number of methoxy groups -OCH3 is 2. The Balaban J connectivity index is 1.85. The lowest BCUT2D eigenvalue weighted by Gasteiger charge is -2.14. The molecule has 0 aliphatic heterocycles. The zero-order valence-corrected chi connectivity index (χ0v) is 17.6. The van der Waals surface area contributed by atoms with Gasteiger partial charge in [-0.25, -0.2) is 19.6 Å². The first-order chi connectivity index (χ1) is 14.9. The number of aromatic nitrogens is 2. The Bertz CT molecular complexity index is 1070. The van der Waals surface area contributed by atoms with E-state index < -0.39 is 11.9 Å². The van der Waals surface area contributed by atoms with Crippen LogP contribution in [-0.2, 0) is 16.0 Å². The molecule has 3 aromatic rings. The van der Waals surface area contributed by atoms with Crippen LogP contribution in [0.3, 0.4) is 0 Å². The average molecular weight is 442 g/mol. The SMILES string of the molecule is COC(=O)c1cc(Nc2ncnc(NCc3ccc(Cl)cc3)c2N)cc(C(=O)OC)c1. The lowest BCUT2D eigenvalue weighted by molar-refractivity contribution is 0.0599. The van der Waals surface area contributed by atoms with Crippen LogP contribution in [0.15, 0.2) is 48.8 Å². The largest absolute Gasteiger partial charge is 0.465 e. The molecular weight excluding hydrogens is 422 g/mol. The number of nitrogen functional groups attached to an aromatic ring is 1. The molecular formula is C21H20ClN5O4. The summed E-state index contributed by atoms with van der Waals surface area (Å²) in [7, 11) is 2.50. The highest BCUT2D eigenvalue weighted by Crippen LogP contribution is 2.27. The molecule has 0 saturated carbocycles. The van der Waals surface area contributed by atoms with Crippen molar-refractivity contribution in [3.05, 3.63) is 70.5 Å². The summed E-state index contributed by atoms with van der Waals surface area (Å²) in [6.07, 6.45) is 1.34. The fourth-order valence-electron chi connectivity index (χ4n) is 2.73. The average Bonchev–Trinajstić information content (AvgIpc) is 2.79. The zero-order valence-electron chi connectivity index (χ0n) is 16.8. The van der Waals surface area contributed by atoms with Crippen molar-refractivity contribution < 1.29 is 19.1 Å². The number of ether oxygens (including phenoxy) is 2. The Kier molecular flexibility index (Phi) is 6.88. The number of halogens is 1. The van der Waals surface area contributed by atoms with Gasteiger partial charge in [0.05, 0.1) is 25.3 Å². The van der Waals surface area contributed by atoms with Gasteiger partial charge in [0, 0.05) is 17.3 Å². The molecule has 3 rings (SSSR count). The fraction of sp³-hybridized carbons (Fsp3) is 0.143. The molecule has 0 amide bonds. The quantitative estimate of drug-likeness (QED) is 0.470. The van der Waals surface area contributed by atoms with E-state index in [0.717, 1.165) is 5.56 Å². The third kappa shape index (κ3) is 5.40. The minimum atomic E-state index is -0.602. The first-order valence-corrected chi connectivity index (χ1v) is 9.46. The maximum absolute atomic E-state index is 12.0. The number of nitrogens with zero attached hydrogens (tertiary/aromatic N) is 2. The van der Waals surface area contributed by atoms with Crippen LogP contribution in [0.4, 0.5) is 23.0 Å². The summed E-state index contributed by atoms with van der Waals surface area (Å²) in [5, 5.41) is 6.80. The molecule has 0 unspecified atom stereocenters. The number of carbonyl (C=O) groups excluding carboxylic acids is 2. The van der Waals surface area contributed by atoms with Crippen molar-refractivity contribution in [2.75, 3.05) is 30.6 Å². The second kappa shape index (κ2) is 9.77. The van der Waals surface area contributed by atoms with Crippen LogP contribution in [0.2, 0.25) is 5.02 Å². The smallest absolute Gasteiger partial charge is 0.337 e. The maximum atomic E-state index is 12.0. The second-order valence-corrected chi connectivity index (χ2v) is 6.81. The molecule has 1 heterocycles. The van der Waals surface area contributed by atoms with Crippen molar-refractivity contribution in [1.82, 2.24) is 9.97 Å². The van der Waals surface area contributed by atoms with E-state index in [1.54, 1.807) is 12.1 Å². The topological polar surface area (TPSA) is 128 Å². The predicted molar refractivity (Wildman–Crippen MR) is 118 cm³/mol. The highest BCUT2D eigenvalue weighted by Gasteiger charge is 2.15. The van der Waals surface area contributed by atoms with E-state index in [-0.39, 0.29) is 16.8 Å². The van der Waals surface area contributed by atoms with Crippen LogP contribution in [0.1, 0.15) is 26.3 Å². The molecule has 0 bridgehead atoms. The first-order valence-electron chi connectivity index (χ1n) is 9.08. The van der Waals surface area contributed by atoms with E-state index in [4.69, 9.17) is 26.8 Å². The molecule has 0 spiro atoms. The Labute approximate surface area is 183 Å². The summed E-state index contributed by atoms with van der Waals surface area (Å²) in [4.78, 5) is 32.3. The highest BCUT2D eigenvalue weighted by molar-refractivity contribution is 6.30. The van der Waals surface area contributed by atoms with Gasteiger partial charge in [-0.05, 0) is 35.9 Å². The standard InChI is InChI=1S/C21H20ClN5O4/c1-30-20(28)13-7-14(21(29)31-2)9-16(8-13)27-19-17(23)18(25-11-26-19)24-10-12-3-5-15(22)6-4-12/h3-9,11H,10,23H2,1-2H3,(H2,24,25,26,27). The number of nitrogens with two attached hydrogens (primary N) is 1. The summed E-state index contributed by atoms with van der Waals surface area (Å²) >= 11 is 5.90. The molecule has 1 aromatic heterocycles. The molecule has 2 aromatic carbocycles. The van der Waals surface area contributed by atoms with Crippen LogP contribution < -0.4 is 16.4 Å². The Hall–Kier alpha value is -3.85. The molecule has 0 fully saturated rings. The van der Waals surface area contributed by atoms with Crippen LogP contribution >= 0.6 is 11.6 Å². The van der Waals surface area contributed by atoms with Crippen molar-refractivity contribution in [2.24, 2.45) is 0 Å². The van der Waals surface area contributed by atoms with Gasteiger partial charge in [0.15, 0.2) is 11.6 Å². The maximum Gasteiger partial charge on any atom is 0.337 e. The molecule has 0 saturated heterocycles. The Morgan fingerprint density at radius 1 is 0.968 bits per heavy atom. The molecule has 9 nitrogen and oxygen atoms in total. The number of rotatable bonds is 7. The zero-order chi connectivity index (χ0) is 22.4. The molecule has 0 atom stereocenters. The van der Waals surface area contributed by atoms with Gasteiger partial charge >= 0.3 is 11.9 Å². The van der Waals surface area contributed by atoms with Gasteiger partial charge in [-0.2, -0.15) is 0 Å². The lowest BCUT2D eigenvalue weighted by Crippen LogP contribution is -2.10. The van der Waals surface area contributed by atoms with Gasteiger partial charge in [-0.15, -0.1) is 0 Å².